The van der Waals surface area contributed by atoms with Gasteiger partial charge in [-0.05, 0) is 30.3 Å². The van der Waals surface area contributed by atoms with E-state index in [1.54, 1.807) is 31.4 Å². The molecule has 1 aromatic carbocycles. The highest BCUT2D eigenvalue weighted by atomic mass is 35.5. The minimum atomic E-state index is -0.739. The molecule has 0 aliphatic carbocycles. The monoisotopic (exact) mass is 346 g/mol. The van der Waals surface area contributed by atoms with Crippen LogP contribution in [-0.2, 0) is 14.3 Å². The van der Waals surface area contributed by atoms with E-state index in [1.165, 1.54) is 13.2 Å². The normalized spacial score (nSPS) is 11.2. The zero-order valence-corrected chi connectivity index (χ0v) is 14.0. The smallest absolute Gasteiger partial charge is 0.348 e. The van der Waals surface area contributed by atoms with Gasteiger partial charge < -0.3 is 14.2 Å². The minimum absolute atomic E-state index is 0.0647. The molecule has 0 fully saturated rings. The molecule has 2 aromatic rings. The van der Waals surface area contributed by atoms with Crippen LogP contribution in [0.25, 0.3) is 17.0 Å². The van der Waals surface area contributed by atoms with Crippen molar-refractivity contribution in [1.82, 2.24) is 4.98 Å². The summed E-state index contributed by atoms with van der Waals surface area (Å²) in [6, 6.07) is 8.88. The van der Waals surface area contributed by atoms with Gasteiger partial charge in [0.1, 0.15) is 29.2 Å². The van der Waals surface area contributed by atoms with Crippen LogP contribution >= 0.6 is 11.6 Å². The van der Waals surface area contributed by atoms with Crippen molar-refractivity contribution in [2.24, 2.45) is 0 Å². The molecule has 1 heterocycles. The third-order valence-electron chi connectivity index (χ3n) is 3.16. The van der Waals surface area contributed by atoms with Crippen molar-refractivity contribution >= 4 is 34.5 Å². The quantitative estimate of drug-likeness (QED) is 0.263. The average Bonchev–Trinajstić information content (AvgIpc) is 2.59. The summed E-state index contributed by atoms with van der Waals surface area (Å²) in [6.07, 6.45) is 1.35. The number of pyridine rings is 1. The lowest BCUT2D eigenvalue weighted by atomic mass is 10.1. The van der Waals surface area contributed by atoms with Crippen LogP contribution in [0.3, 0.4) is 0 Å². The maximum absolute atomic E-state index is 11.9. The number of benzene rings is 1. The first-order valence-electron chi connectivity index (χ1n) is 7.01. The number of fused-ring (bicyclic) bond motifs is 1. The lowest BCUT2D eigenvalue weighted by Crippen LogP contribution is -2.11. The SMILES string of the molecule is COCCOC(=O)/C(C#N)=C/c1cc2cc(OC)ccc2nc1Cl. The number of hydrogen-bond donors (Lipinski definition) is 0. The highest BCUT2D eigenvalue weighted by Crippen LogP contribution is 2.25. The predicted molar refractivity (Wildman–Crippen MR) is 89.7 cm³/mol. The molecule has 0 amide bonds. The molecule has 2 rings (SSSR count). The van der Waals surface area contributed by atoms with Crippen LogP contribution in [-0.4, -0.2) is 38.4 Å². The molecule has 0 N–H and O–H groups in total. The van der Waals surface area contributed by atoms with Crippen LogP contribution in [0.1, 0.15) is 5.56 Å². The van der Waals surface area contributed by atoms with E-state index in [0.717, 1.165) is 5.39 Å². The Hall–Kier alpha value is -2.62. The molecular formula is C17H15ClN2O4. The molecule has 0 atom stereocenters. The number of nitrogens with zero attached hydrogens (tertiary/aromatic N) is 2. The summed E-state index contributed by atoms with van der Waals surface area (Å²) >= 11 is 6.14. The summed E-state index contributed by atoms with van der Waals surface area (Å²) in [4.78, 5) is 16.1. The van der Waals surface area contributed by atoms with E-state index in [4.69, 9.17) is 31.1 Å². The summed E-state index contributed by atoms with van der Waals surface area (Å²) < 4.78 is 14.9. The zero-order valence-electron chi connectivity index (χ0n) is 13.2. The molecule has 0 radical (unpaired) electrons. The van der Waals surface area contributed by atoms with Gasteiger partial charge in [0.2, 0.25) is 0 Å². The third-order valence-corrected chi connectivity index (χ3v) is 3.47. The summed E-state index contributed by atoms with van der Waals surface area (Å²) in [5, 5.41) is 10.1. The van der Waals surface area contributed by atoms with Crippen LogP contribution in [0.4, 0.5) is 0 Å². The van der Waals surface area contributed by atoms with E-state index in [2.05, 4.69) is 4.98 Å². The second-order valence-electron chi connectivity index (χ2n) is 4.73. The van der Waals surface area contributed by atoms with Gasteiger partial charge in [-0.25, -0.2) is 9.78 Å². The number of halogens is 1. The largest absolute Gasteiger partial charge is 0.497 e. The molecule has 7 heteroatoms. The Labute approximate surface area is 144 Å². The van der Waals surface area contributed by atoms with Crippen molar-refractivity contribution in [3.05, 3.63) is 40.6 Å². The van der Waals surface area contributed by atoms with Gasteiger partial charge in [-0.15, -0.1) is 0 Å². The van der Waals surface area contributed by atoms with Crippen LogP contribution in [0.5, 0.6) is 5.75 Å². The third kappa shape index (κ3) is 4.22. The first-order valence-corrected chi connectivity index (χ1v) is 7.39. The van der Waals surface area contributed by atoms with Gasteiger partial charge in [0, 0.05) is 18.1 Å². The lowest BCUT2D eigenvalue weighted by Gasteiger charge is -2.06. The Morgan fingerprint density at radius 1 is 1.33 bits per heavy atom. The molecule has 0 aliphatic heterocycles. The number of esters is 1. The molecule has 0 saturated carbocycles. The van der Waals surface area contributed by atoms with Gasteiger partial charge in [0.15, 0.2) is 0 Å². The fourth-order valence-electron chi connectivity index (χ4n) is 1.96. The highest BCUT2D eigenvalue weighted by Gasteiger charge is 2.13. The Balaban J connectivity index is 2.36. The Morgan fingerprint density at radius 2 is 2.12 bits per heavy atom. The van der Waals surface area contributed by atoms with E-state index in [0.29, 0.717) is 16.8 Å². The van der Waals surface area contributed by atoms with Gasteiger partial charge in [-0.3, -0.25) is 0 Å². The first kappa shape index (κ1) is 17.7. The molecule has 0 bridgehead atoms. The number of rotatable bonds is 6. The Bertz CT molecular complexity index is 827. The average molecular weight is 347 g/mol. The first-order chi connectivity index (χ1) is 11.6. The fraction of sp³-hybridized carbons (Fsp3) is 0.235. The van der Waals surface area contributed by atoms with E-state index in [1.807, 2.05) is 6.07 Å². The van der Waals surface area contributed by atoms with Crippen molar-refractivity contribution in [3.8, 4) is 11.8 Å². The summed E-state index contributed by atoms with van der Waals surface area (Å²) in [5.41, 5.74) is 0.953. The van der Waals surface area contributed by atoms with Crippen LogP contribution in [0.15, 0.2) is 29.8 Å². The van der Waals surface area contributed by atoms with Crippen molar-refractivity contribution < 1.29 is 19.0 Å². The number of hydrogen-bond acceptors (Lipinski definition) is 6. The number of methoxy groups -OCH3 is 2. The molecule has 0 saturated heterocycles. The molecule has 0 spiro atoms. The van der Waals surface area contributed by atoms with Gasteiger partial charge >= 0.3 is 5.97 Å². The number of carbonyl (C=O) groups excluding carboxylic acids is 1. The molecule has 0 unspecified atom stereocenters. The highest BCUT2D eigenvalue weighted by molar-refractivity contribution is 6.31. The van der Waals surface area contributed by atoms with Gasteiger partial charge in [-0.2, -0.15) is 5.26 Å². The molecule has 124 valence electrons. The Morgan fingerprint density at radius 3 is 2.79 bits per heavy atom. The second-order valence-corrected chi connectivity index (χ2v) is 5.08. The molecular weight excluding hydrogens is 332 g/mol. The molecule has 1 aromatic heterocycles. The van der Waals surface area contributed by atoms with Crippen LogP contribution in [0.2, 0.25) is 5.15 Å². The van der Waals surface area contributed by atoms with Crippen molar-refractivity contribution in [1.29, 1.82) is 5.26 Å². The summed E-state index contributed by atoms with van der Waals surface area (Å²) in [6.45, 7) is 0.317. The topological polar surface area (TPSA) is 81.4 Å². The maximum atomic E-state index is 11.9. The maximum Gasteiger partial charge on any atom is 0.348 e. The number of aromatic nitrogens is 1. The lowest BCUT2D eigenvalue weighted by molar-refractivity contribution is -0.139. The number of ether oxygens (including phenoxy) is 3. The number of nitriles is 1. The molecule has 0 aliphatic rings. The number of carbonyl (C=O) groups is 1. The van der Waals surface area contributed by atoms with Crippen LogP contribution < -0.4 is 4.74 Å². The molecule has 24 heavy (non-hydrogen) atoms. The van der Waals surface area contributed by atoms with Crippen molar-refractivity contribution in [2.45, 2.75) is 0 Å². The summed E-state index contributed by atoms with van der Waals surface area (Å²) in [7, 11) is 3.05. The van der Waals surface area contributed by atoms with E-state index in [9.17, 15) is 4.79 Å². The van der Waals surface area contributed by atoms with Gasteiger partial charge in [0.25, 0.3) is 0 Å². The van der Waals surface area contributed by atoms with Gasteiger partial charge in [-0.1, -0.05) is 11.6 Å². The van der Waals surface area contributed by atoms with E-state index in [-0.39, 0.29) is 23.9 Å². The Kier molecular flexibility index (Phi) is 6.13. The zero-order chi connectivity index (χ0) is 17.5. The predicted octanol–water partition coefficient (Wildman–Crippen LogP) is 2.99. The summed E-state index contributed by atoms with van der Waals surface area (Å²) in [5.74, 6) is -0.0719. The van der Waals surface area contributed by atoms with E-state index >= 15 is 0 Å². The molecule has 6 nitrogen and oxygen atoms in total. The van der Waals surface area contributed by atoms with Crippen molar-refractivity contribution in [3.63, 3.8) is 0 Å². The standard InChI is InChI=1S/C17H15ClN2O4/c1-22-5-6-24-17(21)13(10-19)8-12-7-11-9-14(23-2)3-4-15(11)20-16(12)18/h3-4,7-9H,5-6H2,1-2H3/b13-8+. The van der Waals surface area contributed by atoms with Crippen LogP contribution in [0, 0.1) is 11.3 Å². The van der Waals surface area contributed by atoms with Gasteiger partial charge in [0.05, 0.1) is 19.2 Å². The van der Waals surface area contributed by atoms with Crippen molar-refractivity contribution in [2.75, 3.05) is 27.4 Å². The minimum Gasteiger partial charge on any atom is -0.497 e. The fourth-order valence-corrected chi connectivity index (χ4v) is 2.16. The van der Waals surface area contributed by atoms with E-state index < -0.39 is 5.97 Å². The second kappa shape index (κ2) is 8.29.